The number of hydrogen-bond acceptors (Lipinski definition) is 5. The first-order chi connectivity index (χ1) is 21.9. The SMILES string of the molecule is CCCCc1nn(-c2ccccc2C(F)(F)F)c(=O)n1Cc1ccc(-c2ccccc2S(=O)(=O)NC(=O)c2ccccc2)cc1F. The van der Waals surface area contributed by atoms with E-state index < -0.39 is 44.9 Å². The summed E-state index contributed by atoms with van der Waals surface area (Å²) in [6.45, 7) is 1.58. The molecule has 8 nitrogen and oxygen atoms in total. The summed E-state index contributed by atoms with van der Waals surface area (Å²) >= 11 is 0. The van der Waals surface area contributed by atoms with Crippen molar-refractivity contribution in [1.29, 1.82) is 0 Å². The van der Waals surface area contributed by atoms with Crippen LogP contribution in [-0.4, -0.2) is 28.7 Å². The number of unbranched alkanes of at least 4 members (excludes halogenated alkanes) is 1. The zero-order chi connectivity index (χ0) is 33.1. The summed E-state index contributed by atoms with van der Waals surface area (Å²) < 4.78 is 87.2. The van der Waals surface area contributed by atoms with Gasteiger partial charge in [-0.15, -0.1) is 5.10 Å². The van der Waals surface area contributed by atoms with Crippen molar-refractivity contribution in [2.45, 2.75) is 43.8 Å². The standard InChI is InChI=1S/C33H28F4N4O4S/c1-2-3-17-30-38-41(28-15-9-8-14-26(28)33(35,36)37)32(43)40(30)21-24-19-18-23(20-27(24)34)25-13-7-10-16-29(25)46(44,45)39-31(42)22-11-5-4-6-12-22/h4-16,18-20H,2-3,17,21H2,1H3,(H,39,42). The van der Waals surface area contributed by atoms with E-state index in [1.54, 1.807) is 24.3 Å². The first-order valence-corrected chi connectivity index (χ1v) is 15.7. The van der Waals surface area contributed by atoms with Crippen molar-refractivity contribution in [3.8, 4) is 16.8 Å². The van der Waals surface area contributed by atoms with Crippen LogP contribution in [0.4, 0.5) is 17.6 Å². The highest BCUT2D eigenvalue weighted by molar-refractivity contribution is 7.90. The lowest BCUT2D eigenvalue weighted by molar-refractivity contribution is -0.137. The molecule has 0 radical (unpaired) electrons. The highest BCUT2D eigenvalue weighted by Gasteiger charge is 2.35. The van der Waals surface area contributed by atoms with Gasteiger partial charge in [-0.2, -0.15) is 17.9 Å². The molecule has 46 heavy (non-hydrogen) atoms. The smallest absolute Gasteiger partial charge is 0.274 e. The predicted octanol–water partition coefficient (Wildman–Crippen LogP) is 6.37. The molecule has 1 heterocycles. The number of nitrogens with zero attached hydrogens (tertiary/aromatic N) is 3. The highest BCUT2D eigenvalue weighted by Crippen LogP contribution is 2.33. The summed E-state index contributed by atoms with van der Waals surface area (Å²) in [5.74, 6) is -1.42. The Morgan fingerprint density at radius 2 is 1.59 bits per heavy atom. The van der Waals surface area contributed by atoms with Crippen LogP contribution < -0.4 is 10.4 Å². The molecule has 0 spiro atoms. The third-order valence-electron chi connectivity index (χ3n) is 7.26. The van der Waals surface area contributed by atoms with Crippen LogP contribution in [0.1, 0.15) is 47.1 Å². The van der Waals surface area contributed by atoms with Gasteiger partial charge in [-0.1, -0.05) is 74.0 Å². The summed E-state index contributed by atoms with van der Waals surface area (Å²) in [4.78, 5) is 25.8. The Hall–Kier alpha value is -5.04. The minimum absolute atomic E-state index is 0.0324. The fraction of sp³-hybridized carbons (Fsp3) is 0.182. The van der Waals surface area contributed by atoms with Crippen LogP contribution in [0.3, 0.4) is 0 Å². The lowest BCUT2D eigenvalue weighted by Gasteiger charge is -2.13. The van der Waals surface area contributed by atoms with Gasteiger partial charge in [0.25, 0.3) is 15.9 Å². The van der Waals surface area contributed by atoms with Gasteiger partial charge in [-0.3, -0.25) is 9.36 Å². The largest absolute Gasteiger partial charge is 0.418 e. The quantitative estimate of drug-likeness (QED) is 0.177. The number of carbonyl (C=O) groups excluding carboxylic acids is 1. The third kappa shape index (κ3) is 6.79. The maximum atomic E-state index is 15.6. The first-order valence-electron chi connectivity index (χ1n) is 14.3. The fourth-order valence-corrected chi connectivity index (χ4v) is 6.15. The zero-order valence-corrected chi connectivity index (χ0v) is 25.3. The number of hydrogen-bond donors (Lipinski definition) is 1. The van der Waals surface area contributed by atoms with Crippen LogP contribution in [0.25, 0.3) is 16.8 Å². The van der Waals surface area contributed by atoms with E-state index in [1.807, 2.05) is 11.6 Å². The Kier molecular flexibility index (Phi) is 9.24. The Morgan fingerprint density at radius 1 is 0.913 bits per heavy atom. The van der Waals surface area contributed by atoms with Gasteiger partial charge in [0.2, 0.25) is 0 Å². The molecule has 0 unspecified atom stereocenters. The van der Waals surface area contributed by atoms with Crippen molar-refractivity contribution in [1.82, 2.24) is 19.1 Å². The summed E-state index contributed by atoms with van der Waals surface area (Å²) in [5, 5.41) is 4.21. The molecule has 1 N–H and O–H groups in total. The van der Waals surface area contributed by atoms with Crippen molar-refractivity contribution in [3.05, 3.63) is 136 Å². The first kappa shape index (κ1) is 32.4. The van der Waals surface area contributed by atoms with Crippen molar-refractivity contribution >= 4 is 15.9 Å². The molecule has 1 aromatic heterocycles. The van der Waals surface area contributed by atoms with E-state index >= 15 is 4.39 Å². The number of amides is 1. The van der Waals surface area contributed by atoms with Gasteiger partial charge in [0, 0.05) is 23.1 Å². The van der Waals surface area contributed by atoms with Gasteiger partial charge in [-0.05, 0) is 48.4 Å². The third-order valence-corrected chi connectivity index (χ3v) is 8.65. The van der Waals surface area contributed by atoms with E-state index in [0.717, 1.165) is 29.2 Å². The van der Waals surface area contributed by atoms with E-state index in [0.29, 0.717) is 11.1 Å². The Labute approximate surface area is 262 Å². The minimum Gasteiger partial charge on any atom is -0.274 e. The molecule has 0 fully saturated rings. The van der Waals surface area contributed by atoms with Crippen LogP contribution in [0.5, 0.6) is 0 Å². The monoisotopic (exact) mass is 652 g/mol. The van der Waals surface area contributed by atoms with Crippen molar-refractivity contribution in [2.75, 3.05) is 0 Å². The zero-order valence-electron chi connectivity index (χ0n) is 24.5. The van der Waals surface area contributed by atoms with Crippen LogP contribution in [0.15, 0.2) is 107 Å². The molecule has 0 saturated carbocycles. The summed E-state index contributed by atoms with van der Waals surface area (Å²) in [6.07, 6.45) is -3.16. The number of nitrogens with one attached hydrogen (secondary N) is 1. The Bertz CT molecular complexity index is 2060. The average molecular weight is 653 g/mol. The van der Waals surface area contributed by atoms with Crippen molar-refractivity contribution in [3.63, 3.8) is 0 Å². The number of alkyl halides is 3. The van der Waals surface area contributed by atoms with Crippen LogP contribution >= 0.6 is 0 Å². The second-order valence-corrected chi connectivity index (χ2v) is 12.1. The maximum absolute atomic E-state index is 15.6. The van der Waals surface area contributed by atoms with Crippen LogP contribution in [0, 0.1) is 5.82 Å². The van der Waals surface area contributed by atoms with E-state index in [2.05, 4.69) is 5.10 Å². The number of rotatable bonds is 10. The lowest BCUT2D eigenvalue weighted by Crippen LogP contribution is -2.30. The number of para-hydroxylation sites is 1. The summed E-state index contributed by atoms with van der Waals surface area (Å²) in [5.41, 5.74) is -1.86. The van der Waals surface area contributed by atoms with Gasteiger partial charge in [0.15, 0.2) is 0 Å². The molecule has 5 aromatic rings. The maximum Gasteiger partial charge on any atom is 0.418 e. The fourth-order valence-electron chi connectivity index (χ4n) is 4.95. The van der Waals surface area contributed by atoms with Gasteiger partial charge >= 0.3 is 11.9 Å². The molecule has 0 aliphatic rings. The van der Waals surface area contributed by atoms with Gasteiger partial charge in [0.05, 0.1) is 22.7 Å². The summed E-state index contributed by atoms with van der Waals surface area (Å²) in [6, 6.07) is 22.1. The van der Waals surface area contributed by atoms with Crippen LogP contribution in [-0.2, 0) is 29.2 Å². The van der Waals surface area contributed by atoms with Crippen molar-refractivity contribution < 1.29 is 30.8 Å². The van der Waals surface area contributed by atoms with Gasteiger partial charge < -0.3 is 0 Å². The second kappa shape index (κ2) is 13.1. The number of benzene rings is 4. The molecule has 238 valence electrons. The molecule has 0 aliphatic heterocycles. The average Bonchev–Trinajstić information content (AvgIpc) is 3.34. The number of halogens is 4. The molecular weight excluding hydrogens is 624 g/mol. The highest BCUT2D eigenvalue weighted by atomic mass is 32.2. The normalized spacial score (nSPS) is 11.8. The minimum atomic E-state index is -4.74. The Balaban J connectivity index is 1.49. The van der Waals surface area contributed by atoms with E-state index in [4.69, 9.17) is 0 Å². The summed E-state index contributed by atoms with van der Waals surface area (Å²) in [7, 11) is -4.37. The number of aromatic nitrogens is 3. The predicted molar refractivity (Wildman–Crippen MR) is 163 cm³/mol. The van der Waals surface area contributed by atoms with E-state index in [1.165, 1.54) is 54.6 Å². The Morgan fingerprint density at radius 3 is 2.28 bits per heavy atom. The molecular formula is C33H28F4N4O4S. The van der Waals surface area contributed by atoms with E-state index in [9.17, 15) is 31.2 Å². The second-order valence-electron chi connectivity index (χ2n) is 10.4. The number of carbonyl (C=O) groups is 1. The molecule has 4 aromatic carbocycles. The van der Waals surface area contributed by atoms with Gasteiger partial charge in [-0.25, -0.2) is 22.3 Å². The number of aryl methyl sites for hydroxylation is 1. The molecule has 0 aliphatic carbocycles. The van der Waals surface area contributed by atoms with E-state index in [-0.39, 0.29) is 45.9 Å². The topological polar surface area (TPSA) is 103 Å². The molecule has 5 rings (SSSR count). The van der Waals surface area contributed by atoms with Gasteiger partial charge in [0.1, 0.15) is 11.6 Å². The molecule has 13 heteroatoms. The molecule has 1 amide bonds. The van der Waals surface area contributed by atoms with Crippen LogP contribution in [0.2, 0.25) is 0 Å². The van der Waals surface area contributed by atoms with Crippen molar-refractivity contribution in [2.24, 2.45) is 0 Å². The molecule has 0 atom stereocenters. The lowest BCUT2D eigenvalue weighted by atomic mass is 10.0. The molecule has 0 saturated heterocycles. The number of sulfonamides is 1. The molecule has 0 bridgehead atoms.